The third-order valence-corrected chi connectivity index (χ3v) is 8.34. The van der Waals surface area contributed by atoms with Crippen molar-refractivity contribution in [2.24, 2.45) is 0 Å². The molecular weight excluding hydrogens is 460 g/mol. The molecule has 0 aliphatic carbocycles. The second-order valence-corrected chi connectivity index (χ2v) is 13.8. The zero-order valence-electron chi connectivity index (χ0n) is 22.3. The Morgan fingerprint density at radius 1 is 0.647 bits per heavy atom. The van der Waals surface area contributed by atoms with Crippen molar-refractivity contribution in [3.05, 3.63) is 57.6 Å². The Labute approximate surface area is 215 Å². The monoisotopic (exact) mass is 504 g/mol. The third kappa shape index (κ3) is 8.71. The van der Waals surface area contributed by atoms with Gasteiger partial charge in [0, 0.05) is 48.8 Å². The van der Waals surface area contributed by atoms with E-state index >= 15 is 0 Å². The quantitative estimate of drug-likeness (QED) is 0.205. The number of aromatic hydroxyl groups is 2. The zero-order chi connectivity index (χ0) is 25.5. The number of phenols is 2. The molecule has 190 valence electrons. The maximum Gasteiger partial charge on any atom is 0.122 e. The molecule has 0 saturated heterocycles. The van der Waals surface area contributed by atoms with Gasteiger partial charge in [-0.25, -0.2) is 0 Å². The summed E-state index contributed by atoms with van der Waals surface area (Å²) < 4.78 is 0. The fourth-order valence-corrected chi connectivity index (χ4v) is 5.53. The summed E-state index contributed by atoms with van der Waals surface area (Å²) in [6, 6.07) is 8.42. The average Bonchev–Trinajstić information content (AvgIpc) is 2.73. The van der Waals surface area contributed by atoms with Crippen molar-refractivity contribution in [3.8, 4) is 11.5 Å². The summed E-state index contributed by atoms with van der Waals surface area (Å²) in [5.41, 5.74) is 6.48. The molecular formula is C28H44N2O2S2. The highest BCUT2D eigenvalue weighted by Crippen LogP contribution is 2.32. The molecule has 2 aromatic rings. The summed E-state index contributed by atoms with van der Waals surface area (Å²) in [4.78, 5) is 0. The van der Waals surface area contributed by atoms with Crippen LogP contribution < -0.4 is 10.6 Å². The summed E-state index contributed by atoms with van der Waals surface area (Å²) in [6.07, 6.45) is 0. The number of nitrogens with one attached hydrogen (secondary N) is 2. The van der Waals surface area contributed by atoms with Crippen molar-refractivity contribution < 1.29 is 10.2 Å². The maximum absolute atomic E-state index is 10.4. The van der Waals surface area contributed by atoms with E-state index < -0.39 is 0 Å². The predicted molar refractivity (Wildman–Crippen MR) is 151 cm³/mol. The summed E-state index contributed by atoms with van der Waals surface area (Å²) in [5, 5.41) is 27.7. The Balaban J connectivity index is 1.66. The van der Waals surface area contributed by atoms with E-state index in [1.54, 1.807) is 0 Å². The van der Waals surface area contributed by atoms with Gasteiger partial charge in [0.05, 0.1) is 0 Å². The molecule has 0 fully saturated rings. The van der Waals surface area contributed by atoms with Gasteiger partial charge in [-0.05, 0) is 46.9 Å². The molecule has 0 spiro atoms. The van der Waals surface area contributed by atoms with E-state index in [-0.39, 0.29) is 10.8 Å². The van der Waals surface area contributed by atoms with Gasteiger partial charge in [0.1, 0.15) is 11.5 Å². The minimum Gasteiger partial charge on any atom is -0.507 e. The van der Waals surface area contributed by atoms with Crippen LogP contribution in [-0.2, 0) is 23.9 Å². The molecule has 0 aliphatic rings. The van der Waals surface area contributed by atoms with Crippen LogP contribution in [0.4, 0.5) is 0 Å². The normalized spacial score (nSPS) is 12.4. The minimum absolute atomic E-state index is 0.0701. The van der Waals surface area contributed by atoms with Gasteiger partial charge in [-0.1, -0.05) is 87.4 Å². The summed E-state index contributed by atoms with van der Waals surface area (Å²) >= 11 is 0. The van der Waals surface area contributed by atoms with E-state index in [9.17, 15) is 10.2 Å². The van der Waals surface area contributed by atoms with Crippen molar-refractivity contribution in [1.29, 1.82) is 0 Å². The van der Waals surface area contributed by atoms with Gasteiger partial charge in [0.2, 0.25) is 0 Å². The van der Waals surface area contributed by atoms with E-state index in [1.165, 1.54) is 11.1 Å². The molecule has 4 N–H and O–H groups in total. The van der Waals surface area contributed by atoms with Gasteiger partial charge in [0.25, 0.3) is 0 Å². The second-order valence-electron chi connectivity index (χ2n) is 11.1. The summed E-state index contributed by atoms with van der Waals surface area (Å²) in [5.74, 6) is 2.83. The van der Waals surface area contributed by atoms with E-state index in [2.05, 4.69) is 76.4 Å². The Hall–Kier alpha value is -1.34. The molecule has 0 radical (unpaired) electrons. The molecule has 0 heterocycles. The van der Waals surface area contributed by atoms with Crippen molar-refractivity contribution in [1.82, 2.24) is 10.6 Å². The molecule has 4 nitrogen and oxygen atoms in total. The predicted octanol–water partition coefficient (Wildman–Crippen LogP) is 6.57. The Bertz CT molecular complexity index is 869. The first-order valence-corrected chi connectivity index (χ1v) is 14.6. The molecule has 0 amide bonds. The van der Waals surface area contributed by atoms with Gasteiger partial charge >= 0.3 is 0 Å². The minimum atomic E-state index is 0.0701. The molecule has 0 atom stereocenters. The number of benzene rings is 2. The van der Waals surface area contributed by atoms with Crippen molar-refractivity contribution in [2.75, 3.05) is 24.6 Å². The fraction of sp³-hybridized carbons (Fsp3) is 0.571. The van der Waals surface area contributed by atoms with E-state index in [0.717, 1.165) is 46.8 Å². The Morgan fingerprint density at radius 3 is 1.32 bits per heavy atom. The van der Waals surface area contributed by atoms with Crippen LogP contribution in [0.3, 0.4) is 0 Å². The lowest BCUT2D eigenvalue weighted by molar-refractivity contribution is 0.458. The van der Waals surface area contributed by atoms with Crippen LogP contribution in [0.1, 0.15) is 74.9 Å². The molecule has 34 heavy (non-hydrogen) atoms. The van der Waals surface area contributed by atoms with Crippen molar-refractivity contribution >= 4 is 21.6 Å². The SMILES string of the molecule is Cc1cc(C(C)(C)C)cc(CNCCSSCCNCc2cc(C(C)(C)C)cc(C)c2O)c1O. The smallest absolute Gasteiger partial charge is 0.122 e. The van der Waals surface area contributed by atoms with Crippen LogP contribution in [0.5, 0.6) is 11.5 Å². The van der Waals surface area contributed by atoms with Crippen LogP contribution >= 0.6 is 21.6 Å². The van der Waals surface area contributed by atoms with Crippen LogP contribution in [0.2, 0.25) is 0 Å². The van der Waals surface area contributed by atoms with Crippen LogP contribution in [-0.4, -0.2) is 34.8 Å². The first kappa shape index (κ1) is 28.9. The molecule has 0 aliphatic heterocycles. The molecule has 2 rings (SSSR count). The average molecular weight is 505 g/mol. The van der Waals surface area contributed by atoms with Gasteiger partial charge in [-0.3, -0.25) is 0 Å². The molecule has 0 aromatic heterocycles. The zero-order valence-corrected chi connectivity index (χ0v) is 23.9. The first-order chi connectivity index (χ1) is 15.8. The van der Waals surface area contributed by atoms with Crippen LogP contribution in [0.15, 0.2) is 24.3 Å². The van der Waals surface area contributed by atoms with E-state index in [4.69, 9.17) is 0 Å². The maximum atomic E-state index is 10.4. The lowest BCUT2D eigenvalue weighted by atomic mass is 9.85. The highest BCUT2D eigenvalue weighted by atomic mass is 33.1. The van der Waals surface area contributed by atoms with Crippen LogP contribution in [0, 0.1) is 13.8 Å². The van der Waals surface area contributed by atoms with E-state index in [1.807, 2.05) is 35.4 Å². The highest BCUT2D eigenvalue weighted by Gasteiger charge is 2.18. The van der Waals surface area contributed by atoms with Gasteiger partial charge in [-0.2, -0.15) is 0 Å². The lowest BCUT2D eigenvalue weighted by Gasteiger charge is -2.22. The Morgan fingerprint density at radius 2 is 1.00 bits per heavy atom. The van der Waals surface area contributed by atoms with Crippen molar-refractivity contribution in [2.45, 2.75) is 79.3 Å². The molecule has 6 heteroatoms. The number of hydrogen-bond donors (Lipinski definition) is 4. The third-order valence-electron chi connectivity index (χ3n) is 5.93. The molecule has 0 bridgehead atoms. The topological polar surface area (TPSA) is 64.5 Å². The lowest BCUT2D eigenvalue weighted by Crippen LogP contribution is -2.19. The number of rotatable bonds is 11. The van der Waals surface area contributed by atoms with E-state index in [0.29, 0.717) is 24.6 Å². The van der Waals surface area contributed by atoms with Gasteiger partial charge in [0.15, 0.2) is 0 Å². The van der Waals surface area contributed by atoms with Gasteiger partial charge in [-0.15, -0.1) is 0 Å². The Kier molecular flexibility index (Phi) is 10.7. The van der Waals surface area contributed by atoms with Crippen molar-refractivity contribution in [3.63, 3.8) is 0 Å². The number of phenolic OH excluding ortho intramolecular Hbond substituents is 2. The molecule has 0 saturated carbocycles. The van der Waals surface area contributed by atoms with Crippen LogP contribution in [0.25, 0.3) is 0 Å². The van der Waals surface area contributed by atoms with Gasteiger partial charge < -0.3 is 20.8 Å². The molecule has 0 unspecified atom stereocenters. The fourth-order valence-electron chi connectivity index (χ4n) is 3.63. The molecule has 2 aromatic carbocycles. The second kappa shape index (κ2) is 12.6. The highest BCUT2D eigenvalue weighted by molar-refractivity contribution is 8.76. The number of aryl methyl sites for hydroxylation is 2. The first-order valence-electron chi connectivity index (χ1n) is 12.1. The number of hydrogen-bond acceptors (Lipinski definition) is 6. The summed E-state index contributed by atoms with van der Waals surface area (Å²) in [7, 11) is 3.73. The summed E-state index contributed by atoms with van der Waals surface area (Å²) in [6.45, 7) is 20.3. The standard InChI is InChI=1S/C28H44N2O2S2/c1-19-13-23(27(3,4)5)15-21(25(19)31)17-29-9-11-33-34-12-10-30-18-22-16-24(28(6,7)8)14-20(2)26(22)32/h13-16,29-32H,9-12,17-18H2,1-8H3. The largest absolute Gasteiger partial charge is 0.507 e.